The third-order valence-electron chi connectivity index (χ3n) is 3.17. The van der Waals surface area contributed by atoms with Crippen molar-refractivity contribution in [1.82, 2.24) is 10.2 Å². The van der Waals surface area contributed by atoms with E-state index < -0.39 is 0 Å². The van der Waals surface area contributed by atoms with E-state index in [2.05, 4.69) is 24.2 Å². The van der Waals surface area contributed by atoms with Crippen molar-refractivity contribution >= 4 is 12.4 Å². The summed E-state index contributed by atoms with van der Waals surface area (Å²) in [5.41, 5.74) is 1.22. The van der Waals surface area contributed by atoms with Crippen LogP contribution in [0.2, 0.25) is 0 Å². The van der Waals surface area contributed by atoms with E-state index in [1.165, 1.54) is 18.4 Å². The van der Waals surface area contributed by atoms with Gasteiger partial charge in [-0.15, -0.1) is 12.4 Å². The Morgan fingerprint density at radius 3 is 2.88 bits per heavy atom. The van der Waals surface area contributed by atoms with Gasteiger partial charge in [0.05, 0.1) is 12.5 Å². The second kappa shape index (κ2) is 6.28. The Balaban J connectivity index is 0.00000128. The molecule has 1 aromatic rings. The van der Waals surface area contributed by atoms with Gasteiger partial charge < -0.3 is 9.73 Å². The minimum atomic E-state index is 0. The monoisotopic (exact) mass is 244 g/mol. The van der Waals surface area contributed by atoms with Crippen LogP contribution in [0, 0.1) is 0 Å². The molecule has 1 atom stereocenters. The molecule has 0 aliphatic heterocycles. The molecule has 1 aromatic heterocycles. The molecule has 1 aliphatic rings. The summed E-state index contributed by atoms with van der Waals surface area (Å²) < 4.78 is 5.02. The van der Waals surface area contributed by atoms with Gasteiger partial charge in [-0.05, 0) is 32.9 Å². The Morgan fingerprint density at radius 2 is 2.31 bits per heavy atom. The van der Waals surface area contributed by atoms with E-state index in [-0.39, 0.29) is 12.4 Å². The third kappa shape index (κ3) is 3.81. The van der Waals surface area contributed by atoms with Crippen LogP contribution in [0.5, 0.6) is 0 Å². The predicted octanol–water partition coefficient (Wildman–Crippen LogP) is 2.27. The van der Waals surface area contributed by atoms with Crippen LogP contribution in [0.4, 0.5) is 0 Å². The van der Waals surface area contributed by atoms with Gasteiger partial charge in [0, 0.05) is 30.7 Å². The fourth-order valence-electron chi connectivity index (χ4n) is 1.80. The molecule has 1 fully saturated rings. The average Bonchev–Trinajstić information content (AvgIpc) is 2.96. The topological polar surface area (TPSA) is 28.4 Å². The fourth-order valence-corrected chi connectivity index (χ4v) is 1.80. The maximum absolute atomic E-state index is 5.02. The van der Waals surface area contributed by atoms with Crippen molar-refractivity contribution < 1.29 is 4.42 Å². The second-order valence-corrected chi connectivity index (χ2v) is 4.51. The molecule has 92 valence electrons. The van der Waals surface area contributed by atoms with E-state index in [0.29, 0.717) is 6.04 Å². The molecule has 3 nitrogen and oxygen atoms in total. The van der Waals surface area contributed by atoms with Crippen molar-refractivity contribution in [2.24, 2.45) is 0 Å². The zero-order chi connectivity index (χ0) is 10.7. The van der Waals surface area contributed by atoms with Crippen molar-refractivity contribution in [1.29, 1.82) is 0 Å². The SMILES string of the molecule is CC(CNCc1ccoc1)N(C)C1CC1.Cl. The van der Waals surface area contributed by atoms with E-state index >= 15 is 0 Å². The van der Waals surface area contributed by atoms with Crippen LogP contribution in [0.25, 0.3) is 0 Å². The van der Waals surface area contributed by atoms with Crippen LogP contribution in [0.15, 0.2) is 23.0 Å². The first-order chi connectivity index (χ1) is 7.27. The van der Waals surface area contributed by atoms with Gasteiger partial charge in [0.2, 0.25) is 0 Å². The van der Waals surface area contributed by atoms with Crippen molar-refractivity contribution in [2.75, 3.05) is 13.6 Å². The highest BCUT2D eigenvalue weighted by Crippen LogP contribution is 2.26. The molecule has 4 heteroatoms. The number of rotatable bonds is 6. The van der Waals surface area contributed by atoms with Crippen LogP contribution < -0.4 is 5.32 Å². The van der Waals surface area contributed by atoms with Gasteiger partial charge in [-0.25, -0.2) is 0 Å². The van der Waals surface area contributed by atoms with Crippen molar-refractivity contribution in [3.05, 3.63) is 24.2 Å². The number of nitrogens with one attached hydrogen (secondary N) is 1. The summed E-state index contributed by atoms with van der Waals surface area (Å²) in [7, 11) is 2.22. The number of halogens is 1. The quantitative estimate of drug-likeness (QED) is 0.832. The van der Waals surface area contributed by atoms with Gasteiger partial charge in [0.1, 0.15) is 0 Å². The van der Waals surface area contributed by atoms with Crippen molar-refractivity contribution in [2.45, 2.75) is 38.4 Å². The normalized spacial score (nSPS) is 17.2. The molecule has 1 saturated carbocycles. The van der Waals surface area contributed by atoms with Gasteiger partial charge in [-0.1, -0.05) is 0 Å². The highest BCUT2D eigenvalue weighted by Gasteiger charge is 2.28. The Hall–Kier alpha value is -0.510. The van der Waals surface area contributed by atoms with E-state index in [1.54, 1.807) is 12.5 Å². The van der Waals surface area contributed by atoms with Gasteiger partial charge in [-0.3, -0.25) is 4.90 Å². The fraction of sp³-hybridized carbons (Fsp3) is 0.667. The van der Waals surface area contributed by atoms with Crippen LogP contribution in [-0.2, 0) is 6.54 Å². The lowest BCUT2D eigenvalue weighted by molar-refractivity contribution is 0.241. The Kier molecular flexibility index (Phi) is 5.32. The summed E-state index contributed by atoms with van der Waals surface area (Å²) >= 11 is 0. The molecule has 16 heavy (non-hydrogen) atoms. The van der Waals surface area contributed by atoms with Gasteiger partial charge >= 0.3 is 0 Å². The molecular weight excluding hydrogens is 224 g/mol. The molecule has 0 bridgehead atoms. The minimum Gasteiger partial charge on any atom is -0.472 e. The Bertz CT molecular complexity index is 285. The largest absolute Gasteiger partial charge is 0.472 e. The van der Waals surface area contributed by atoms with Crippen molar-refractivity contribution in [3.8, 4) is 0 Å². The lowest BCUT2D eigenvalue weighted by atomic mass is 10.2. The van der Waals surface area contributed by atoms with E-state index in [1.807, 2.05) is 6.07 Å². The average molecular weight is 245 g/mol. The maximum Gasteiger partial charge on any atom is 0.0947 e. The predicted molar refractivity (Wildman–Crippen MR) is 67.9 cm³/mol. The summed E-state index contributed by atoms with van der Waals surface area (Å²) in [6.45, 7) is 4.22. The molecule has 0 spiro atoms. The van der Waals surface area contributed by atoms with Gasteiger partial charge in [0.15, 0.2) is 0 Å². The van der Waals surface area contributed by atoms with Crippen LogP contribution in [-0.4, -0.2) is 30.6 Å². The van der Waals surface area contributed by atoms with Crippen LogP contribution >= 0.6 is 12.4 Å². The third-order valence-corrected chi connectivity index (χ3v) is 3.17. The molecule has 1 N–H and O–H groups in total. The lowest BCUT2D eigenvalue weighted by Crippen LogP contribution is -2.38. The summed E-state index contributed by atoms with van der Waals surface area (Å²) in [4.78, 5) is 2.47. The van der Waals surface area contributed by atoms with Gasteiger partial charge in [-0.2, -0.15) is 0 Å². The molecule has 2 rings (SSSR count). The number of furan rings is 1. The van der Waals surface area contributed by atoms with E-state index in [0.717, 1.165) is 19.1 Å². The number of hydrogen-bond acceptors (Lipinski definition) is 3. The Labute approximate surface area is 104 Å². The Morgan fingerprint density at radius 1 is 1.56 bits per heavy atom. The number of nitrogens with zero attached hydrogens (tertiary/aromatic N) is 1. The molecule has 1 unspecified atom stereocenters. The molecule has 1 aliphatic carbocycles. The van der Waals surface area contributed by atoms with Crippen LogP contribution in [0.1, 0.15) is 25.3 Å². The second-order valence-electron chi connectivity index (χ2n) is 4.51. The van der Waals surface area contributed by atoms with E-state index in [9.17, 15) is 0 Å². The standard InChI is InChI=1S/C12H20N2O.ClH/c1-10(14(2)12-3-4-12)7-13-8-11-5-6-15-9-11;/h5-6,9-10,12-13H,3-4,7-8H2,1-2H3;1H. The first kappa shape index (κ1) is 13.6. The highest BCUT2D eigenvalue weighted by molar-refractivity contribution is 5.85. The minimum absolute atomic E-state index is 0. The summed E-state index contributed by atoms with van der Waals surface area (Å²) in [6.07, 6.45) is 6.27. The van der Waals surface area contributed by atoms with Crippen LogP contribution in [0.3, 0.4) is 0 Å². The van der Waals surface area contributed by atoms with E-state index in [4.69, 9.17) is 4.42 Å². The lowest BCUT2D eigenvalue weighted by Gasteiger charge is -2.24. The maximum atomic E-state index is 5.02. The number of likely N-dealkylation sites (N-methyl/N-ethyl adjacent to an activating group) is 1. The number of hydrogen-bond donors (Lipinski definition) is 1. The summed E-state index contributed by atoms with van der Waals surface area (Å²) in [6, 6.07) is 3.46. The summed E-state index contributed by atoms with van der Waals surface area (Å²) in [5.74, 6) is 0. The molecule has 0 radical (unpaired) electrons. The molecule has 1 heterocycles. The van der Waals surface area contributed by atoms with Gasteiger partial charge in [0.25, 0.3) is 0 Å². The molecular formula is C12H21ClN2O. The molecule has 0 amide bonds. The highest BCUT2D eigenvalue weighted by atomic mass is 35.5. The van der Waals surface area contributed by atoms with Crippen molar-refractivity contribution in [3.63, 3.8) is 0 Å². The smallest absolute Gasteiger partial charge is 0.0947 e. The first-order valence-corrected chi connectivity index (χ1v) is 5.71. The molecule has 0 saturated heterocycles. The summed E-state index contributed by atoms with van der Waals surface area (Å²) in [5, 5.41) is 3.45. The molecule has 0 aromatic carbocycles. The zero-order valence-corrected chi connectivity index (χ0v) is 10.8. The zero-order valence-electron chi connectivity index (χ0n) is 9.98. The first-order valence-electron chi connectivity index (χ1n) is 5.71.